The van der Waals surface area contributed by atoms with Gasteiger partial charge in [0.1, 0.15) is 12.6 Å². The van der Waals surface area contributed by atoms with Gasteiger partial charge in [0.2, 0.25) is 21.8 Å². The maximum Gasteiger partial charge on any atom is 0.244 e. The summed E-state index contributed by atoms with van der Waals surface area (Å²) in [6, 6.07) is 14.5. The van der Waals surface area contributed by atoms with Crippen molar-refractivity contribution in [2.45, 2.75) is 108 Å². The van der Waals surface area contributed by atoms with Crippen molar-refractivity contribution in [3.63, 3.8) is 0 Å². The summed E-state index contributed by atoms with van der Waals surface area (Å²) in [6.07, 6.45) is 14.6. The number of halogens is 1. The summed E-state index contributed by atoms with van der Waals surface area (Å²) in [5.74, 6) is 1.85. The number of amides is 2. The molecule has 2 aromatic carbocycles. The molecule has 9 heteroatoms. The van der Waals surface area contributed by atoms with Crippen molar-refractivity contribution in [3.05, 3.63) is 64.7 Å². The Hall–Kier alpha value is -2.58. The Morgan fingerprint density at radius 2 is 1.49 bits per heavy atom. The van der Waals surface area contributed by atoms with Gasteiger partial charge in [-0.05, 0) is 116 Å². The fourth-order valence-corrected chi connectivity index (χ4v) is 10.3. The molecular weight excluding hydrogens is 606 g/mol. The van der Waals surface area contributed by atoms with Gasteiger partial charge in [-0.1, -0.05) is 62.1 Å². The first-order chi connectivity index (χ1) is 21.5. The van der Waals surface area contributed by atoms with Crippen LogP contribution in [0.4, 0.5) is 5.69 Å². The number of sulfonamides is 1. The number of rotatable bonds is 11. The number of nitrogens with zero attached hydrogens (tertiary/aromatic N) is 2. The highest BCUT2D eigenvalue weighted by Gasteiger charge is 2.51. The molecule has 0 aromatic heterocycles. The monoisotopic (exact) mass is 653 g/mol. The highest BCUT2D eigenvalue weighted by Crippen LogP contribution is 2.60. The molecule has 244 valence electrons. The van der Waals surface area contributed by atoms with Crippen LogP contribution in [0.2, 0.25) is 5.02 Å². The molecule has 1 unspecified atom stereocenters. The Morgan fingerprint density at radius 1 is 0.911 bits per heavy atom. The third kappa shape index (κ3) is 7.22. The standard InChI is InChI=1S/C36H48ClN3O4S/c1-3-33(35(42)38-31-7-5-4-6-8-31)39(23-25-9-13-30(37)14-10-25)34(41)24-40(45(2,43)44)32-15-11-29(12-16-32)36-20-26-17-27(21-36)19-28(18-26)22-36/h9-16,26-28,31,33H,3-8,17-24H2,1-2H3,(H,38,42). The fraction of sp³-hybridized carbons (Fsp3) is 0.611. The van der Waals surface area contributed by atoms with Gasteiger partial charge in [0.15, 0.2) is 0 Å². The number of nitrogens with one attached hydrogen (secondary N) is 1. The van der Waals surface area contributed by atoms with Crippen LogP contribution >= 0.6 is 11.6 Å². The molecule has 5 saturated carbocycles. The lowest BCUT2D eigenvalue weighted by atomic mass is 9.48. The van der Waals surface area contributed by atoms with Crippen molar-refractivity contribution in [1.29, 1.82) is 0 Å². The molecule has 7 rings (SSSR count). The molecular formula is C36H48ClN3O4S. The molecule has 5 aliphatic rings. The van der Waals surface area contributed by atoms with Crippen LogP contribution in [0, 0.1) is 17.8 Å². The second-order valence-electron chi connectivity index (χ2n) is 14.4. The molecule has 0 heterocycles. The molecule has 0 radical (unpaired) electrons. The third-order valence-electron chi connectivity index (χ3n) is 11.1. The second kappa shape index (κ2) is 13.3. The smallest absolute Gasteiger partial charge is 0.244 e. The van der Waals surface area contributed by atoms with Crippen LogP contribution < -0.4 is 9.62 Å². The van der Waals surface area contributed by atoms with E-state index < -0.39 is 22.0 Å². The van der Waals surface area contributed by atoms with E-state index in [0.29, 0.717) is 17.1 Å². The Bertz CT molecular complexity index is 1440. The van der Waals surface area contributed by atoms with Crippen LogP contribution in [0.5, 0.6) is 0 Å². The minimum absolute atomic E-state index is 0.104. The minimum atomic E-state index is -3.79. The lowest BCUT2D eigenvalue weighted by Crippen LogP contribution is -2.54. The number of hydrogen-bond donors (Lipinski definition) is 1. The maximum atomic E-state index is 14.2. The largest absolute Gasteiger partial charge is 0.352 e. The lowest BCUT2D eigenvalue weighted by molar-refractivity contribution is -0.140. The van der Waals surface area contributed by atoms with Crippen molar-refractivity contribution in [2.24, 2.45) is 17.8 Å². The van der Waals surface area contributed by atoms with E-state index in [0.717, 1.165) is 55.3 Å². The highest BCUT2D eigenvalue weighted by molar-refractivity contribution is 7.92. The maximum absolute atomic E-state index is 14.2. The van der Waals surface area contributed by atoms with Crippen LogP contribution in [0.15, 0.2) is 48.5 Å². The van der Waals surface area contributed by atoms with E-state index in [1.165, 1.54) is 54.8 Å². The second-order valence-corrected chi connectivity index (χ2v) is 16.8. The predicted octanol–water partition coefficient (Wildman–Crippen LogP) is 6.83. The Labute approximate surface area is 274 Å². The topological polar surface area (TPSA) is 86.8 Å². The van der Waals surface area contributed by atoms with Crippen LogP contribution in [-0.4, -0.2) is 50.0 Å². The zero-order valence-corrected chi connectivity index (χ0v) is 28.3. The molecule has 1 atom stereocenters. The van der Waals surface area contributed by atoms with Gasteiger partial charge < -0.3 is 10.2 Å². The molecule has 5 aliphatic carbocycles. The van der Waals surface area contributed by atoms with Crippen LogP contribution in [0.3, 0.4) is 0 Å². The number of benzene rings is 2. The molecule has 2 amide bonds. The summed E-state index contributed by atoms with van der Waals surface area (Å²) in [7, 11) is -3.79. The van der Waals surface area contributed by atoms with Gasteiger partial charge in [0.05, 0.1) is 11.9 Å². The van der Waals surface area contributed by atoms with Crippen molar-refractivity contribution in [1.82, 2.24) is 10.2 Å². The van der Waals surface area contributed by atoms with Gasteiger partial charge in [-0.15, -0.1) is 0 Å². The molecule has 0 spiro atoms. The van der Waals surface area contributed by atoms with Crippen LogP contribution in [0.25, 0.3) is 0 Å². The van der Waals surface area contributed by atoms with Crippen molar-refractivity contribution >= 4 is 39.1 Å². The van der Waals surface area contributed by atoms with E-state index in [2.05, 4.69) is 17.4 Å². The van der Waals surface area contributed by atoms with E-state index in [4.69, 9.17) is 11.6 Å². The molecule has 1 N–H and O–H groups in total. The van der Waals surface area contributed by atoms with Gasteiger partial charge in [-0.3, -0.25) is 13.9 Å². The first kappa shape index (κ1) is 32.4. The van der Waals surface area contributed by atoms with Crippen molar-refractivity contribution in [3.8, 4) is 0 Å². The lowest BCUT2D eigenvalue weighted by Gasteiger charge is -2.57. The molecule has 4 bridgehead atoms. The van der Waals surface area contributed by atoms with Gasteiger partial charge in [0, 0.05) is 17.6 Å². The quantitative estimate of drug-likeness (QED) is 0.288. The average molecular weight is 654 g/mol. The van der Waals surface area contributed by atoms with Crippen molar-refractivity contribution in [2.75, 3.05) is 17.1 Å². The van der Waals surface area contributed by atoms with Gasteiger partial charge >= 0.3 is 0 Å². The fourth-order valence-electron chi connectivity index (χ4n) is 9.31. The summed E-state index contributed by atoms with van der Waals surface area (Å²) < 4.78 is 27.6. The normalized spacial score (nSPS) is 26.8. The van der Waals surface area contributed by atoms with Crippen molar-refractivity contribution < 1.29 is 18.0 Å². The zero-order valence-electron chi connectivity index (χ0n) is 26.7. The molecule has 5 fully saturated rings. The highest BCUT2D eigenvalue weighted by atomic mass is 35.5. The first-order valence-electron chi connectivity index (χ1n) is 17.0. The Morgan fingerprint density at radius 3 is 2.02 bits per heavy atom. The summed E-state index contributed by atoms with van der Waals surface area (Å²) in [5.41, 5.74) is 2.81. The number of hydrogen-bond acceptors (Lipinski definition) is 4. The molecule has 0 saturated heterocycles. The zero-order chi connectivity index (χ0) is 31.8. The Balaban J connectivity index is 1.24. The van der Waals surface area contributed by atoms with Crippen LogP contribution in [0.1, 0.15) is 95.1 Å². The first-order valence-corrected chi connectivity index (χ1v) is 19.2. The van der Waals surface area contributed by atoms with E-state index in [-0.39, 0.29) is 30.5 Å². The molecule has 7 nitrogen and oxygen atoms in total. The summed E-state index contributed by atoms with van der Waals surface area (Å²) in [4.78, 5) is 29.3. The van der Waals surface area contributed by atoms with E-state index in [1.54, 1.807) is 17.0 Å². The van der Waals surface area contributed by atoms with E-state index in [1.807, 2.05) is 31.2 Å². The summed E-state index contributed by atoms with van der Waals surface area (Å²) in [6.45, 7) is 1.69. The number of carbonyl (C=O) groups excluding carboxylic acids is 2. The average Bonchev–Trinajstić information content (AvgIpc) is 3.00. The predicted molar refractivity (Wildman–Crippen MR) is 180 cm³/mol. The third-order valence-corrected chi connectivity index (χ3v) is 12.5. The Kier molecular flexibility index (Phi) is 9.54. The SMILES string of the molecule is CCC(C(=O)NC1CCCCC1)N(Cc1ccc(Cl)cc1)C(=O)CN(c1ccc(C23CC4CC(CC(C4)C2)C3)cc1)S(C)(=O)=O. The van der Waals surface area contributed by atoms with Gasteiger partial charge in [-0.25, -0.2) is 8.42 Å². The minimum Gasteiger partial charge on any atom is -0.352 e. The van der Waals surface area contributed by atoms with Crippen LogP contribution in [-0.2, 0) is 31.6 Å². The number of anilines is 1. The molecule has 0 aliphatic heterocycles. The summed E-state index contributed by atoms with van der Waals surface area (Å²) in [5, 5.41) is 3.77. The molecule has 45 heavy (non-hydrogen) atoms. The van der Waals surface area contributed by atoms with Gasteiger partial charge in [-0.2, -0.15) is 0 Å². The molecule has 2 aromatic rings. The van der Waals surface area contributed by atoms with E-state index >= 15 is 0 Å². The summed E-state index contributed by atoms with van der Waals surface area (Å²) >= 11 is 6.13. The van der Waals surface area contributed by atoms with Gasteiger partial charge in [0.25, 0.3) is 0 Å². The number of carbonyl (C=O) groups is 2. The van der Waals surface area contributed by atoms with E-state index in [9.17, 15) is 18.0 Å².